The molecule has 0 aliphatic heterocycles. The number of nitrogens with one attached hydrogen (secondary N) is 1. The Kier molecular flexibility index (Phi) is 3.76. The van der Waals surface area contributed by atoms with Gasteiger partial charge in [-0.15, -0.1) is 11.3 Å². The normalized spacial score (nSPS) is 10.5. The smallest absolute Gasteiger partial charge is 0.291 e. The second kappa shape index (κ2) is 5.71. The van der Waals surface area contributed by atoms with Gasteiger partial charge in [0.05, 0.1) is 5.69 Å². The molecule has 0 atom stereocenters. The highest BCUT2D eigenvalue weighted by Crippen LogP contribution is 2.24. The van der Waals surface area contributed by atoms with E-state index in [0.717, 1.165) is 11.3 Å². The van der Waals surface area contributed by atoms with Crippen LogP contribution >= 0.6 is 27.3 Å². The van der Waals surface area contributed by atoms with Crippen molar-refractivity contribution in [3.63, 3.8) is 0 Å². The van der Waals surface area contributed by atoms with Crippen LogP contribution in [0.4, 0.5) is 10.8 Å². The molecule has 1 aromatic carbocycles. The number of furan rings is 1. The number of carbonyl (C=O) groups excluding carboxylic acids is 1. The number of thiazole rings is 1. The number of nitrogens with zero attached hydrogens (tertiary/aromatic N) is 1. The van der Waals surface area contributed by atoms with E-state index in [9.17, 15) is 4.79 Å². The van der Waals surface area contributed by atoms with Gasteiger partial charge in [-0.05, 0) is 40.2 Å². The molecule has 0 aliphatic carbocycles. The van der Waals surface area contributed by atoms with Crippen LogP contribution in [0.2, 0.25) is 0 Å². The molecule has 1 amide bonds. The van der Waals surface area contributed by atoms with E-state index in [1.165, 1.54) is 11.3 Å². The summed E-state index contributed by atoms with van der Waals surface area (Å²) in [5.74, 6) is -0.0513. The molecule has 0 aliphatic rings. The molecule has 0 spiro atoms. The monoisotopic (exact) mass is 363 g/mol. The van der Waals surface area contributed by atoms with E-state index in [1.807, 2.05) is 17.5 Å². The Morgan fingerprint density at radius 3 is 2.57 bits per heavy atom. The van der Waals surface area contributed by atoms with Gasteiger partial charge in [0.15, 0.2) is 15.6 Å². The average Bonchev–Trinajstić information content (AvgIpc) is 3.08. The van der Waals surface area contributed by atoms with Gasteiger partial charge in [-0.1, -0.05) is 12.1 Å². The largest absolute Gasteiger partial charge is 0.444 e. The van der Waals surface area contributed by atoms with Crippen LogP contribution in [-0.2, 0) is 0 Å². The third kappa shape index (κ3) is 3.14. The van der Waals surface area contributed by atoms with Crippen molar-refractivity contribution in [3.8, 4) is 11.3 Å². The van der Waals surface area contributed by atoms with Gasteiger partial charge in [0.2, 0.25) is 0 Å². The molecule has 3 rings (SSSR count). The summed E-state index contributed by atoms with van der Waals surface area (Å²) in [6.45, 7) is 0. The molecule has 106 valence electrons. The molecule has 0 radical (unpaired) electrons. The van der Waals surface area contributed by atoms with Crippen molar-refractivity contribution in [2.75, 3.05) is 11.1 Å². The zero-order valence-electron chi connectivity index (χ0n) is 10.7. The van der Waals surface area contributed by atoms with E-state index in [4.69, 9.17) is 10.2 Å². The first-order chi connectivity index (χ1) is 10.1. The highest BCUT2D eigenvalue weighted by molar-refractivity contribution is 9.10. The Labute approximate surface area is 132 Å². The van der Waals surface area contributed by atoms with Crippen molar-refractivity contribution in [1.29, 1.82) is 0 Å². The molecule has 0 unspecified atom stereocenters. The van der Waals surface area contributed by atoms with E-state index < -0.39 is 0 Å². The fourth-order valence-electron chi connectivity index (χ4n) is 1.77. The van der Waals surface area contributed by atoms with Gasteiger partial charge in [-0.25, -0.2) is 4.98 Å². The molecular weight excluding hydrogens is 354 g/mol. The first-order valence-corrected chi connectivity index (χ1v) is 7.67. The number of amides is 1. The lowest BCUT2D eigenvalue weighted by molar-refractivity contribution is 0.0995. The van der Waals surface area contributed by atoms with Crippen LogP contribution in [0.3, 0.4) is 0 Å². The quantitative estimate of drug-likeness (QED) is 0.736. The number of hydrogen-bond donors (Lipinski definition) is 2. The van der Waals surface area contributed by atoms with E-state index in [0.29, 0.717) is 15.5 Å². The molecule has 2 aromatic heterocycles. The molecule has 3 N–H and O–H groups in total. The van der Waals surface area contributed by atoms with Crippen molar-refractivity contribution < 1.29 is 9.21 Å². The van der Waals surface area contributed by atoms with Crippen LogP contribution < -0.4 is 11.1 Å². The van der Waals surface area contributed by atoms with Gasteiger partial charge in [-0.3, -0.25) is 4.79 Å². The summed E-state index contributed by atoms with van der Waals surface area (Å²) < 4.78 is 5.71. The summed E-state index contributed by atoms with van der Waals surface area (Å²) in [7, 11) is 0. The number of halogens is 1. The molecule has 21 heavy (non-hydrogen) atoms. The number of benzene rings is 1. The standard InChI is InChI=1S/C14H10BrN3O2S/c15-12-6-5-11(20-12)13(19)17-9-3-1-8(2-4-9)10-7-21-14(16)18-10/h1-7H,(H2,16,18)(H,17,19). The fourth-order valence-corrected chi connectivity index (χ4v) is 2.65. The molecule has 0 saturated heterocycles. The Morgan fingerprint density at radius 1 is 1.24 bits per heavy atom. The van der Waals surface area contributed by atoms with Crippen LogP contribution in [0, 0.1) is 0 Å². The minimum Gasteiger partial charge on any atom is -0.444 e. The molecule has 0 bridgehead atoms. The lowest BCUT2D eigenvalue weighted by atomic mass is 10.1. The number of anilines is 2. The topological polar surface area (TPSA) is 81.1 Å². The second-order valence-electron chi connectivity index (χ2n) is 4.21. The highest BCUT2D eigenvalue weighted by Gasteiger charge is 2.10. The van der Waals surface area contributed by atoms with Gasteiger partial charge in [0, 0.05) is 16.6 Å². The second-order valence-corrected chi connectivity index (χ2v) is 5.88. The van der Waals surface area contributed by atoms with Crippen molar-refractivity contribution in [2.24, 2.45) is 0 Å². The summed E-state index contributed by atoms with van der Waals surface area (Å²) in [5.41, 5.74) is 8.06. The minimum atomic E-state index is -0.300. The first kappa shape index (κ1) is 13.8. The predicted octanol–water partition coefficient (Wildman–Crippen LogP) is 4.00. The Balaban J connectivity index is 1.74. The molecule has 7 heteroatoms. The van der Waals surface area contributed by atoms with E-state index in [1.54, 1.807) is 24.3 Å². The summed E-state index contributed by atoms with van der Waals surface area (Å²) in [6.07, 6.45) is 0. The number of nitrogen functional groups attached to an aromatic ring is 1. The highest BCUT2D eigenvalue weighted by atomic mass is 79.9. The number of aromatic nitrogens is 1. The molecule has 0 saturated carbocycles. The molecular formula is C14H10BrN3O2S. The first-order valence-electron chi connectivity index (χ1n) is 6.00. The fraction of sp³-hybridized carbons (Fsp3) is 0. The van der Waals surface area contributed by atoms with E-state index in [-0.39, 0.29) is 11.7 Å². The molecule has 0 fully saturated rings. The van der Waals surface area contributed by atoms with Crippen LogP contribution in [-0.4, -0.2) is 10.9 Å². The van der Waals surface area contributed by atoms with Crippen molar-refractivity contribution in [2.45, 2.75) is 0 Å². The summed E-state index contributed by atoms with van der Waals surface area (Å²) >= 11 is 4.55. The Morgan fingerprint density at radius 2 is 2.00 bits per heavy atom. The number of rotatable bonds is 3. The van der Waals surface area contributed by atoms with Crippen LogP contribution in [0.5, 0.6) is 0 Å². The number of carbonyl (C=O) groups is 1. The Bertz CT molecular complexity index is 780. The average molecular weight is 364 g/mol. The summed E-state index contributed by atoms with van der Waals surface area (Å²) in [5, 5.41) is 5.18. The van der Waals surface area contributed by atoms with Crippen molar-refractivity contribution in [1.82, 2.24) is 4.98 Å². The lowest BCUT2D eigenvalue weighted by Gasteiger charge is -2.04. The maximum atomic E-state index is 11.9. The van der Waals surface area contributed by atoms with Gasteiger partial charge < -0.3 is 15.5 Å². The maximum Gasteiger partial charge on any atom is 0.291 e. The maximum absolute atomic E-state index is 11.9. The van der Waals surface area contributed by atoms with Gasteiger partial charge in [0.1, 0.15) is 0 Å². The van der Waals surface area contributed by atoms with E-state index in [2.05, 4.69) is 26.2 Å². The van der Waals surface area contributed by atoms with Gasteiger partial charge in [0.25, 0.3) is 5.91 Å². The van der Waals surface area contributed by atoms with Crippen LogP contribution in [0.25, 0.3) is 11.3 Å². The summed E-state index contributed by atoms with van der Waals surface area (Å²) in [6, 6.07) is 10.6. The van der Waals surface area contributed by atoms with Gasteiger partial charge in [-0.2, -0.15) is 0 Å². The van der Waals surface area contributed by atoms with Crippen molar-refractivity contribution >= 4 is 44.0 Å². The SMILES string of the molecule is Nc1nc(-c2ccc(NC(=O)c3ccc(Br)o3)cc2)cs1. The molecule has 5 nitrogen and oxygen atoms in total. The minimum absolute atomic E-state index is 0.248. The third-order valence-corrected chi connectivity index (χ3v) is 3.86. The van der Waals surface area contributed by atoms with E-state index >= 15 is 0 Å². The van der Waals surface area contributed by atoms with Crippen LogP contribution in [0.15, 0.2) is 50.9 Å². The summed E-state index contributed by atoms with van der Waals surface area (Å²) in [4.78, 5) is 16.1. The Hall–Kier alpha value is -2.12. The lowest BCUT2D eigenvalue weighted by Crippen LogP contribution is -2.10. The number of nitrogens with two attached hydrogens (primary N) is 1. The predicted molar refractivity (Wildman–Crippen MR) is 86.3 cm³/mol. The number of hydrogen-bond acceptors (Lipinski definition) is 5. The van der Waals surface area contributed by atoms with Crippen LogP contribution in [0.1, 0.15) is 10.6 Å². The molecule has 3 aromatic rings. The van der Waals surface area contributed by atoms with Crippen molar-refractivity contribution in [3.05, 3.63) is 52.2 Å². The molecule has 2 heterocycles. The zero-order valence-corrected chi connectivity index (χ0v) is 13.1. The zero-order chi connectivity index (χ0) is 14.8. The van der Waals surface area contributed by atoms with Gasteiger partial charge >= 0.3 is 0 Å². The third-order valence-electron chi connectivity index (χ3n) is 2.76.